The lowest BCUT2D eigenvalue weighted by molar-refractivity contribution is -0.137. The van der Waals surface area contributed by atoms with Gasteiger partial charge >= 0.3 is 6.18 Å². The van der Waals surface area contributed by atoms with Gasteiger partial charge in [0, 0.05) is 16.9 Å². The van der Waals surface area contributed by atoms with Crippen molar-refractivity contribution in [1.82, 2.24) is 0 Å². The number of hydrogen-bond donors (Lipinski definition) is 3. The first kappa shape index (κ1) is 21.7. The van der Waals surface area contributed by atoms with Crippen molar-refractivity contribution in [3.63, 3.8) is 0 Å². The molecule has 0 unspecified atom stereocenters. The molecular weight excluding hydrogens is 421 g/mol. The lowest BCUT2D eigenvalue weighted by Gasteiger charge is -2.45. The number of guanidine groups is 2. The number of hydrogen-bond acceptors (Lipinski definition) is 6. The van der Waals surface area contributed by atoms with E-state index in [9.17, 15) is 18.0 Å². The smallest absolute Gasteiger partial charge is 0.369 e. The second-order valence-electron chi connectivity index (χ2n) is 7.90. The van der Waals surface area contributed by atoms with E-state index < -0.39 is 23.3 Å². The number of carbonyl (C=O) groups is 1. The molecule has 2 aromatic rings. The number of rotatable bonds is 3. The van der Waals surface area contributed by atoms with E-state index >= 15 is 0 Å². The van der Waals surface area contributed by atoms with E-state index in [1.807, 2.05) is 4.90 Å². The molecule has 7 nitrogen and oxygen atoms in total. The van der Waals surface area contributed by atoms with Crippen LogP contribution >= 0.6 is 0 Å². The molecule has 2 aliphatic rings. The molecule has 1 aliphatic heterocycles. The van der Waals surface area contributed by atoms with Crippen LogP contribution in [0.25, 0.3) is 0 Å². The second kappa shape index (κ2) is 8.18. The van der Waals surface area contributed by atoms with Gasteiger partial charge in [0.2, 0.25) is 11.9 Å². The first-order valence-electron chi connectivity index (χ1n) is 10.3. The van der Waals surface area contributed by atoms with E-state index in [0.29, 0.717) is 11.3 Å². The molecule has 1 aliphatic carbocycles. The van der Waals surface area contributed by atoms with Crippen molar-refractivity contribution < 1.29 is 18.0 Å². The Bertz CT molecular complexity index is 1070. The van der Waals surface area contributed by atoms with E-state index in [-0.39, 0.29) is 17.6 Å². The lowest BCUT2D eigenvalue weighted by atomic mass is 9.87. The molecule has 2 aromatic carbocycles. The normalized spacial score (nSPS) is 18.2. The van der Waals surface area contributed by atoms with Crippen molar-refractivity contribution >= 4 is 29.2 Å². The van der Waals surface area contributed by atoms with E-state index in [4.69, 9.17) is 11.5 Å². The summed E-state index contributed by atoms with van der Waals surface area (Å²) in [4.78, 5) is 23.1. The van der Waals surface area contributed by atoms with Gasteiger partial charge in [-0.25, -0.2) is 4.99 Å². The number of amides is 1. The highest BCUT2D eigenvalue weighted by atomic mass is 19.4. The monoisotopic (exact) mass is 444 g/mol. The zero-order chi connectivity index (χ0) is 22.9. The number of nitrogens with two attached hydrogens (primary N) is 2. The molecule has 0 aromatic heterocycles. The maximum absolute atomic E-state index is 12.9. The van der Waals surface area contributed by atoms with Crippen LogP contribution in [-0.2, 0) is 6.18 Å². The van der Waals surface area contributed by atoms with Gasteiger partial charge in [-0.2, -0.15) is 18.2 Å². The SMILES string of the molecule is NC1=NC2(CCCCC2)N(c2ccc(C(=O)Nc3cccc(C(F)(F)F)c3)cc2)C(N)=N1. The molecule has 0 radical (unpaired) electrons. The molecule has 1 spiro atoms. The number of anilines is 2. The van der Waals surface area contributed by atoms with Gasteiger partial charge in [-0.05, 0) is 68.1 Å². The summed E-state index contributed by atoms with van der Waals surface area (Å²) >= 11 is 0. The number of nitrogens with one attached hydrogen (secondary N) is 1. The van der Waals surface area contributed by atoms with Crippen molar-refractivity contribution in [2.45, 2.75) is 43.9 Å². The molecule has 0 atom stereocenters. The predicted molar refractivity (Wildman–Crippen MR) is 117 cm³/mol. The number of benzene rings is 2. The summed E-state index contributed by atoms with van der Waals surface area (Å²) in [6, 6.07) is 11.1. The maximum Gasteiger partial charge on any atom is 0.416 e. The van der Waals surface area contributed by atoms with E-state index in [1.165, 1.54) is 12.1 Å². The number of halogens is 3. The summed E-state index contributed by atoms with van der Waals surface area (Å²) in [6.45, 7) is 0. The number of alkyl halides is 3. The van der Waals surface area contributed by atoms with Crippen LogP contribution in [0.2, 0.25) is 0 Å². The molecule has 1 amide bonds. The topological polar surface area (TPSA) is 109 Å². The number of aliphatic imine (C=N–C) groups is 2. The Morgan fingerprint density at radius 2 is 1.72 bits per heavy atom. The zero-order valence-electron chi connectivity index (χ0n) is 17.2. The first-order chi connectivity index (χ1) is 15.2. The summed E-state index contributed by atoms with van der Waals surface area (Å²) in [5, 5.41) is 2.50. The van der Waals surface area contributed by atoms with E-state index in [2.05, 4.69) is 15.3 Å². The summed E-state index contributed by atoms with van der Waals surface area (Å²) < 4.78 is 38.7. The fraction of sp³-hybridized carbons (Fsp3) is 0.318. The average molecular weight is 444 g/mol. The molecule has 0 bridgehead atoms. The molecule has 32 heavy (non-hydrogen) atoms. The standard InChI is InChI=1S/C22H23F3N6O/c23-22(24,25)15-5-4-6-16(13-15)28-18(32)14-7-9-17(10-8-14)31-20(27)29-19(26)30-21(31)11-2-1-3-12-21/h4-10,13H,1-3,11-12H2,(H,28,32)(H4,26,27,29,30). The van der Waals surface area contributed by atoms with Crippen LogP contribution in [0, 0.1) is 0 Å². The Morgan fingerprint density at radius 3 is 2.38 bits per heavy atom. The third kappa shape index (κ3) is 4.25. The van der Waals surface area contributed by atoms with Crippen molar-refractivity contribution in [1.29, 1.82) is 0 Å². The minimum Gasteiger partial charge on any atom is -0.369 e. The van der Waals surface area contributed by atoms with Gasteiger partial charge in [-0.1, -0.05) is 12.5 Å². The minimum absolute atomic E-state index is 0.0623. The average Bonchev–Trinajstić information content (AvgIpc) is 2.74. The van der Waals surface area contributed by atoms with Crippen molar-refractivity contribution in [3.05, 3.63) is 59.7 Å². The Balaban J connectivity index is 1.55. The molecule has 0 saturated heterocycles. The highest BCUT2D eigenvalue weighted by molar-refractivity contribution is 6.07. The molecule has 10 heteroatoms. The quantitative estimate of drug-likeness (QED) is 0.663. The summed E-state index contributed by atoms with van der Waals surface area (Å²) in [5.41, 5.74) is 11.7. The Kier molecular flexibility index (Phi) is 5.53. The largest absolute Gasteiger partial charge is 0.416 e. The number of nitrogens with zero attached hydrogens (tertiary/aromatic N) is 3. The molecule has 1 fully saturated rings. The molecule has 1 heterocycles. The van der Waals surface area contributed by atoms with Crippen molar-refractivity contribution in [3.8, 4) is 0 Å². The Morgan fingerprint density at radius 1 is 1.03 bits per heavy atom. The molecule has 168 valence electrons. The highest BCUT2D eigenvalue weighted by Gasteiger charge is 2.42. The molecular formula is C22H23F3N6O. The van der Waals surface area contributed by atoms with Gasteiger partial charge in [-0.3, -0.25) is 9.69 Å². The molecule has 4 rings (SSSR count). The van der Waals surface area contributed by atoms with Gasteiger partial charge in [0.15, 0.2) is 0 Å². The second-order valence-corrected chi connectivity index (χ2v) is 7.90. The summed E-state index contributed by atoms with van der Waals surface area (Å²) in [6.07, 6.45) is 0.148. The third-order valence-corrected chi connectivity index (χ3v) is 5.69. The molecule has 1 saturated carbocycles. The fourth-order valence-electron chi connectivity index (χ4n) is 4.23. The van der Waals surface area contributed by atoms with Gasteiger partial charge in [-0.15, -0.1) is 0 Å². The first-order valence-corrected chi connectivity index (χ1v) is 10.3. The van der Waals surface area contributed by atoms with Gasteiger partial charge in [0.05, 0.1) is 5.56 Å². The fourth-order valence-corrected chi connectivity index (χ4v) is 4.23. The van der Waals surface area contributed by atoms with E-state index in [0.717, 1.165) is 44.2 Å². The summed E-state index contributed by atoms with van der Waals surface area (Å²) in [5.74, 6) is -0.135. The zero-order valence-corrected chi connectivity index (χ0v) is 17.2. The number of carbonyl (C=O) groups excluding carboxylic acids is 1. The minimum atomic E-state index is -4.49. The predicted octanol–water partition coefficient (Wildman–Crippen LogP) is 4.07. The van der Waals surface area contributed by atoms with Gasteiger partial charge < -0.3 is 16.8 Å². The van der Waals surface area contributed by atoms with Crippen LogP contribution in [0.3, 0.4) is 0 Å². The van der Waals surface area contributed by atoms with Crippen LogP contribution in [0.1, 0.15) is 48.0 Å². The third-order valence-electron chi connectivity index (χ3n) is 5.69. The van der Waals surface area contributed by atoms with Crippen LogP contribution in [0.4, 0.5) is 24.5 Å². The highest BCUT2D eigenvalue weighted by Crippen LogP contribution is 2.39. The van der Waals surface area contributed by atoms with Crippen molar-refractivity contribution in [2.75, 3.05) is 10.2 Å². The van der Waals surface area contributed by atoms with Gasteiger partial charge in [0.25, 0.3) is 5.91 Å². The Labute approximate surface area is 183 Å². The van der Waals surface area contributed by atoms with Crippen molar-refractivity contribution in [2.24, 2.45) is 21.5 Å². The van der Waals surface area contributed by atoms with Crippen LogP contribution in [0.5, 0.6) is 0 Å². The van der Waals surface area contributed by atoms with Gasteiger partial charge in [0.1, 0.15) is 5.66 Å². The summed E-state index contributed by atoms with van der Waals surface area (Å²) in [7, 11) is 0. The molecule has 5 N–H and O–H groups in total. The van der Waals surface area contributed by atoms with Crippen LogP contribution < -0.4 is 21.7 Å². The lowest BCUT2D eigenvalue weighted by Crippen LogP contribution is -2.58. The van der Waals surface area contributed by atoms with Crippen LogP contribution in [0.15, 0.2) is 58.5 Å². The van der Waals surface area contributed by atoms with E-state index in [1.54, 1.807) is 24.3 Å². The Hall–Kier alpha value is -3.56. The van der Waals surface area contributed by atoms with Crippen LogP contribution in [-0.4, -0.2) is 23.5 Å². The maximum atomic E-state index is 12.9.